The van der Waals surface area contributed by atoms with Crippen LogP contribution in [0.4, 0.5) is 13.2 Å². The minimum atomic E-state index is -4.46. The fourth-order valence-corrected chi connectivity index (χ4v) is 5.42. The van der Waals surface area contributed by atoms with Crippen molar-refractivity contribution in [2.24, 2.45) is 0 Å². The number of methoxy groups -OCH3 is 2. The van der Waals surface area contributed by atoms with Gasteiger partial charge in [0.05, 0.1) is 25.8 Å². The zero-order valence-electron chi connectivity index (χ0n) is 20.8. The van der Waals surface area contributed by atoms with Gasteiger partial charge in [-0.1, -0.05) is 42.5 Å². The van der Waals surface area contributed by atoms with E-state index in [0.29, 0.717) is 44.0 Å². The molecule has 194 valence electrons. The number of nitrogens with zero attached hydrogens (tertiary/aromatic N) is 2. The molecule has 2 aliphatic rings. The summed E-state index contributed by atoms with van der Waals surface area (Å²) in [6, 6.07) is 16.8. The predicted octanol–water partition coefficient (Wildman–Crippen LogP) is 5.23. The molecule has 0 saturated carbocycles. The number of ether oxygens (including phenoxy) is 2. The zero-order valence-corrected chi connectivity index (χ0v) is 20.8. The summed E-state index contributed by atoms with van der Waals surface area (Å²) in [5.41, 5.74) is 3.71. The molecular weight excluding hydrogens is 481 g/mol. The molecule has 1 atom stereocenters. The lowest BCUT2D eigenvalue weighted by Crippen LogP contribution is -2.52. The van der Waals surface area contributed by atoms with Crippen molar-refractivity contribution in [1.82, 2.24) is 9.80 Å². The van der Waals surface area contributed by atoms with Crippen LogP contribution in [0.5, 0.6) is 11.5 Å². The zero-order chi connectivity index (χ0) is 26.2. The van der Waals surface area contributed by atoms with Crippen molar-refractivity contribution in [3.05, 3.63) is 94.0 Å². The van der Waals surface area contributed by atoms with Crippen LogP contribution in [-0.2, 0) is 43.4 Å². The van der Waals surface area contributed by atoms with E-state index in [4.69, 9.17) is 9.47 Å². The van der Waals surface area contributed by atoms with E-state index < -0.39 is 17.8 Å². The average Bonchev–Trinajstić information content (AvgIpc) is 2.90. The van der Waals surface area contributed by atoms with Crippen molar-refractivity contribution in [1.29, 1.82) is 0 Å². The topological polar surface area (TPSA) is 42.0 Å². The monoisotopic (exact) mass is 510 g/mol. The summed E-state index contributed by atoms with van der Waals surface area (Å²) in [6.45, 7) is 1.40. The van der Waals surface area contributed by atoms with Gasteiger partial charge in [0.25, 0.3) is 0 Å². The smallest absolute Gasteiger partial charge is 0.416 e. The lowest BCUT2D eigenvalue weighted by Gasteiger charge is -2.40. The van der Waals surface area contributed by atoms with Crippen molar-refractivity contribution >= 4 is 5.91 Å². The van der Waals surface area contributed by atoms with Gasteiger partial charge in [0.2, 0.25) is 5.91 Å². The van der Waals surface area contributed by atoms with Gasteiger partial charge in [-0.15, -0.1) is 0 Å². The highest BCUT2D eigenvalue weighted by atomic mass is 19.4. The second kappa shape index (κ2) is 10.1. The van der Waals surface area contributed by atoms with E-state index in [2.05, 4.69) is 0 Å². The molecule has 0 unspecified atom stereocenters. The lowest BCUT2D eigenvalue weighted by atomic mass is 9.91. The molecular formula is C29H29F3N2O3. The average molecular weight is 511 g/mol. The molecule has 0 N–H and O–H groups in total. The Balaban J connectivity index is 1.44. The van der Waals surface area contributed by atoms with Gasteiger partial charge >= 0.3 is 6.18 Å². The van der Waals surface area contributed by atoms with Crippen LogP contribution in [0.3, 0.4) is 0 Å². The normalized spacial score (nSPS) is 17.6. The van der Waals surface area contributed by atoms with Crippen LogP contribution in [0.15, 0.2) is 60.7 Å². The Bertz CT molecular complexity index is 1310. The highest BCUT2D eigenvalue weighted by Crippen LogP contribution is 2.36. The van der Waals surface area contributed by atoms with E-state index in [-0.39, 0.29) is 18.0 Å². The Labute approximate surface area is 214 Å². The maximum Gasteiger partial charge on any atom is 0.416 e. The molecule has 0 saturated heterocycles. The van der Waals surface area contributed by atoms with Crippen molar-refractivity contribution in [2.75, 3.05) is 20.8 Å². The van der Waals surface area contributed by atoms with Gasteiger partial charge in [0, 0.05) is 26.2 Å². The molecule has 0 bridgehead atoms. The van der Waals surface area contributed by atoms with E-state index in [1.54, 1.807) is 20.3 Å². The third-order valence-corrected chi connectivity index (χ3v) is 7.36. The largest absolute Gasteiger partial charge is 0.493 e. The van der Waals surface area contributed by atoms with Gasteiger partial charge in [0.1, 0.15) is 0 Å². The van der Waals surface area contributed by atoms with Crippen molar-refractivity contribution in [2.45, 2.75) is 44.7 Å². The first-order chi connectivity index (χ1) is 17.8. The van der Waals surface area contributed by atoms with Crippen molar-refractivity contribution in [3.63, 3.8) is 0 Å². The second-order valence-electron chi connectivity index (χ2n) is 9.53. The second-order valence-corrected chi connectivity index (χ2v) is 9.53. The quantitative estimate of drug-likeness (QED) is 0.471. The highest BCUT2D eigenvalue weighted by Gasteiger charge is 2.38. The number of halogens is 3. The van der Waals surface area contributed by atoms with Crippen LogP contribution in [0, 0.1) is 0 Å². The summed E-state index contributed by atoms with van der Waals surface area (Å²) in [6.07, 6.45) is -3.33. The number of alkyl halides is 3. The van der Waals surface area contributed by atoms with Gasteiger partial charge < -0.3 is 14.4 Å². The van der Waals surface area contributed by atoms with Crippen LogP contribution < -0.4 is 9.47 Å². The molecule has 5 rings (SSSR count). The fraction of sp³-hybridized carbons (Fsp3) is 0.345. The third kappa shape index (κ3) is 5.03. The molecule has 8 heteroatoms. The summed E-state index contributed by atoms with van der Waals surface area (Å²) in [4.78, 5) is 17.6. The molecule has 2 aliphatic heterocycles. The lowest BCUT2D eigenvalue weighted by molar-refractivity contribution is -0.140. The number of carbonyl (C=O) groups is 1. The van der Waals surface area contributed by atoms with Crippen molar-refractivity contribution < 1.29 is 27.4 Å². The molecule has 0 aliphatic carbocycles. The van der Waals surface area contributed by atoms with E-state index in [1.165, 1.54) is 12.1 Å². The van der Waals surface area contributed by atoms with Crippen LogP contribution >= 0.6 is 0 Å². The molecule has 5 nitrogen and oxygen atoms in total. The highest BCUT2D eigenvalue weighted by molar-refractivity contribution is 5.83. The first-order valence-corrected chi connectivity index (χ1v) is 12.3. The first-order valence-electron chi connectivity index (χ1n) is 12.3. The van der Waals surface area contributed by atoms with E-state index >= 15 is 0 Å². The standard InChI is InChI=1S/C29H29F3N2O3/c1-36-26-14-20-11-12-33(18-23(20)15-27(26)37-2)28(35)25-13-19-7-3-4-8-21(19)16-34(25)17-22-9-5-6-10-24(22)29(30,31)32/h3-10,14-15,25H,11-13,16-18H2,1-2H3/t25-/m0/s1. The molecule has 1 amide bonds. The van der Waals surface area contributed by atoms with E-state index in [0.717, 1.165) is 28.3 Å². The van der Waals surface area contributed by atoms with Gasteiger partial charge in [0.15, 0.2) is 11.5 Å². The molecule has 3 aromatic rings. The number of fused-ring (bicyclic) bond motifs is 2. The van der Waals surface area contributed by atoms with Crippen molar-refractivity contribution in [3.8, 4) is 11.5 Å². The Morgan fingerprint density at radius 3 is 2.24 bits per heavy atom. The summed E-state index contributed by atoms with van der Waals surface area (Å²) >= 11 is 0. The summed E-state index contributed by atoms with van der Waals surface area (Å²) in [7, 11) is 3.17. The summed E-state index contributed by atoms with van der Waals surface area (Å²) in [5.74, 6) is 1.19. The fourth-order valence-electron chi connectivity index (χ4n) is 5.42. The molecule has 2 heterocycles. The van der Waals surface area contributed by atoms with Crippen LogP contribution in [0.25, 0.3) is 0 Å². The van der Waals surface area contributed by atoms with E-state index in [1.807, 2.05) is 46.2 Å². The number of benzene rings is 3. The Morgan fingerprint density at radius 2 is 1.54 bits per heavy atom. The number of amides is 1. The van der Waals surface area contributed by atoms with Gasteiger partial charge in [-0.05, 0) is 58.9 Å². The van der Waals surface area contributed by atoms with Crippen LogP contribution in [-0.4, -0.2) is 42.5 Å². The van der Waals surface area contributed by atoms with Gasteiger partial charge in [-0.3, -0.25) is 9.69 Å². The maximum absolute atomic E-state index is 13.9. The molecule has 0 spiro atoms. The van der Waals surface area contributed by atoms with Crippen LogP contribution in [0.1, 0.15) is 33.4 Å². The van der Waals surface area contributed by atoms with Gasteiger partial charge in [-0.2, -0.15) is 13.2 Å². The minimum Gasteiger partial charge on any atom is -0.493 e. The van der Waals surface area contributed by atoms with E-state index in [9.17, 15) is 18.0 Å². The third-order valence-electron chi connectivity index (χ3n) is 7.36. The first kappa shape index (κ1) is 25.1. The number of hydrogen-bond acceptors (Lipinski definition) is 4. The Hall–Kier alpha value is -3.52. The van der Waals surface area contributed by atoms with Gasteiger partial charge in [-0.25, -0.2) is 0 Å². The Morgan fingerprint density at radius 1 is 0.892 bits per heavy atom. The number of hydrogen-bond donors (Lipinski definition) is 0. The predicted molar refractivity (Wildman–Crippen MR) is 133 cm³/mol. The molecule has 0 radical (unpaired) electrons. The maximum atomic E-state index is 13.9. The number of carbonyl (C=O) groups excluding carboxylic acids is 1. The Kier molecular flexibility index (Phi) is 6.86. The minimum absolute atomic E-state index is 0.0376. The SMILES string of the molecule is COc1cc2c(cc1OC)CN(C(=O)[C@@H]1Cc3ccccc3CN1Cc1ccccc1C(F)(F)F)CC2. The summed E-state index contributed by atoms with van der Waals surface area (Å²) < 4.78 is 52.1. The van der Waals surface area contributed by atoms with Crippen LogP contribution in [0.2, 0.25) is 0 Å². The molecule has 0 fully saturated rings. The number of rotatable bonds is 5. The molecule has 3 aromatic carbocycles. The molecule has 37 heavy (non-hydrogen) atoms. The molecule has 0 aromatic heterocycles. The summed E-state index contributed by atoms with van der Waals surface area (Å²) in [5, 5.41) is 0.